The fourth-order valence-electron chi connectivity index (χ4n) is 2.45. The fraction of sp³-hybridized carbons (Fsp3) is 0.533. The third-order valence-corrected chi connectivity index (χ3v) is 4.11. The van der Waals surface area contributed by atoms with Crippen LogP contribution in [-0.4, -0.2) is 30.3 Å². The maximum Gasteiger partial charge on any atom is 0.164 e. The lowest BCUT2D eigenvalue weighted by Gasteiger charge is -2.19. The van der Waals surface area contributed by atoms with Crippen LogP contribution in [0.4, 0.5) is 0 Å². The van der Waals surface area contributed by atoms with E-state index in [0.717, 1.165) is 29.7 Å². The van der Waals surface area contributed by atoms with Crippen molar-refractivity contribution in [1.82, 2.24) is 4.90 Å². The largest absolute Gasteiger partial charge is 0.302 e. The van der Waals surface area contributed by atoms with E-state index in [1.54, 1.807) is 0 Å². The molecule has 0 radical (unpaired) electrons. The van der Waals surface area contributed by atoms with Crippen LogP contribution in [0.25, 0.3) is 0 Å². The van der Waals surface area contributed by atoms with Gasteiger partial charge in [0.1, 0.15) is 0 Å². The van der Waals surface area contributed by atoms with Crippen molar-refractivity contribution in [3.8, 4) is 0 Å². The molecule has 1 heterocycles. The summed E-state index contributed by atoms with van der Waals surface area (Å²) in [7, 11) is 0. The second kappa shape index (κ2) is 5.54. The molecule has 0 aliphatic carbocycles. The summed E-state index contributed by atoms with van der Waals surface area (Å²) in [5.41, 5.74) is 1.23. The lowest BCUT2D eigenvalue weighted by Crippen LogP contribution is -2.25. The zero-order valence-corrected chi connectivity index (χ0v) is 12.7. The highest BCUT2D eigenvalue weighted by molar-refractivity contribution is 9.10. The van der Waals surface area contributed by atoms with Crippen LogP contribution in [0.5, 0.6) is 0 Å². The Bertz CT molecular complexity index is 425. The Hall–Kier alpha value is -0.670. The van der Waals surface area contributed by atoms with Gasteiger partial charge in [-0.1, -0.05) is 41.9 Å². The summed E-state index contributed by atoms with van der Waals surface area (Å²) in [6.45, 7) is 7.71. The van der Waals surface area contributed by atoms with Crippen LogP contribution in [0.1, 0.15) is 37.0 Å². The molecular formula is C15H20BrNO. The lowest BCUT2D eigenvalue weighted by atomic mass is 9.93. The molecule has 0 atom stereocenters. The van der Waals surface area contributed by atoms with Gasteiger partial charge in [0.05, 0.1) is 0 Å². The minimum absolute atomic E-state index is 0.243. The normalized spacial score (nSPS) is 19.1. The van der Waals surface area contributed by atoms with Crippen LogP contribution in [0, 0.1) is 5.41 Å². The van der Waals surface area contributed by atoms with Crippen molar-refractivity contribution in [3.05, 3.63) is 34.3 Å². The van der Waals surface area contributed by atoms with Gasteiger partial charge in [-0.15, -0.1) is 0 Å². The van der Waals surface area contributed by atoms with E-state index in [1.807, 2.05) is 24.3 Å². The summed E-state index contributed by atoms with van der Waals surface area (Å²) in [5.74, 6) is 0.243. The summed E-state index contributed by atoms with van der Waals surface area (Å²) in [6, 6.07) is 7.62. The maximum absolute atomic E-state index is 12.0. The summed E-state index contributed by atoms with van der Waals surface area (Å²) in [4.78, 5) is 14.4. The van der Waals surface area contributed by atoms with E-state index in [4.69, 9.17) is 0 Å². The van der Waals surface area contributed by atoms with Gasteiger partial charge in [-0.25, -0.2) is 0 Å². The van der Waals surface area contributed by atoms with Crippen LogP contribution in [-0.2, 0) is 0 Å². The molecule has 1 aliphatic rings. The molecule has 0 saturated carbocycles. The number of rotatable bonds is 4. The summed E-state index contributed by atoms with van der Waals surface area (Å²) in [5, 5.41) is 0. The summed E-state index contributed by atoms with van der Waals surface area (Å²) in [6.07, 6.45) is 1.86. The Morgan fingerprint density at radius 3 is 2.56 bits per heavy atom. The molecule has 1 saturated heterocycles. The van der Waals surface area contributed by atoms with Gasteiger partial charge in [0.2, 0.25) is 0 Å². The Kier molecular flexibility index (Phi) is 4.23. The zero-order chi connectivity index (χ0) is 13.2. The van der Waals surface area contributed by atoms with Gasteiger partial charge in [-0.3, -0.25) is 4.79 Å². The molecule has 18 heavy (non-hydrogen) atoms. The van der Waals surface area contributed by atoms with Crippen molar-refractivity contribution in [2.24, 2.45) is 5.41 Å². The van der Waals surface area contributed by atoms with Crippen LogP contribution in [0.15, 0.2) is 28.7 Å². The second-order valence-corrected chi connectivity index (χ2v) is 6.79. The molecule has 0 bridgehead atoms. The predicted octanol–water partition coefficient (Wildman–Crippen LogP) is 3.75. The van der Waals surface area contributed by atoms with Crippen molar-refractivity contribution in [2.45, 2.75) is 26.7 Å². The van der Waals surface area contributed by atoms with Gasteiger partial charge in [-0.05, 0) is 30.5 Å². The highest BCUT2D eigenvalue weighted by Crippen LogP contribution is 2.28. The monoisotopic (exact) mass is 309 g/mol. The number of halogens is 1. The first-order chi connectivity index (χ1) is 8.46. The van der Waals surface area contributed by atoms with Crippen molar-refractivity contribution in [3.63, 3.8) is 0 Å². The number of benzene rings is 1. The lowest BCUT2D eigenvalue weighted by molar-refractivity contribution is 0.0967. The number of likely N-dealkylation sites (tertiary alicyclic amines) is 1. The van der Waals surface area contributed by atoms with E-state index >= 15 is 0 Å². The summed E-state index contributed by atoms with van der Waals surface area (Å²) < 4.78 is 1.01. The first-order valence-electron chi connectivity index (χ1n) is 6.47. The third kappa shape index (κ3) is 3.66. The van der Waals surface area contributed by atoms with E-state index in [1.165, 1.54) is 6.42 Å². The minimum atomic E-state index is 0.243. The topological polar surface area (TPSA) is 20.3 Å². The quantitative estimate of drug-likeness (QED) is 0.789. The molecule has 1 fully saturated rings. The SMILES string of the molecule is CC1(C)CCN(CCC(=O)c2ccc(Br)cc2)C1. The molecule has 3 heteroatoms. The first kappa shape index (κ1) is 13.8. The second-order valence-electron chi connectivity index (χ2n) is 5.87. The first-order valence-corrected chi connectivity index (χ1v) is 7.27. The van der Waals surface area contributed by atoms with E-state index < -0.39 is 0 Å². The van der Waals surface area contributed by atoms with Gasteiger partial charge in [-0.2, -0.15) is 0 Å². The van der Waals surface area contributed by atoms with Gasteiger partial charge >= 0.3 is 0 Å². The van der Waals surface area contributed by atoms with Crippen molar-refractivity contribution >= 4 is 21.7 Å². The van der Waals surface area contributed by atoms with Gasteiger partial charge in [0.15, 0.2) is 5.78 Å². The number of carbonyl (C=O) groups excluding carboxylic acids is 1. The number of Topliss-reactive ketones (excluding diaryl/α,β-unsaturated/α-hetero) is 1. The van der Waals surface area contributed by atoms with Crippen molar-refractivity contribution in [1.29, 1.82) is 0 Å². The standard InChI is InChI=1S/C15H20BrNO/c1-15(2)8-10-17(11-15)9-7-14(18)12-3-5-13(16)6-4-12/h3-6H,7-11H2,1-2H3. The number of nitrogens with zero attached hydrogens (tertiary/aromatic N) is 1. The predicted molar refractivity (Wildman–Crippen MR) is 77.9 cm³/mol. The molecule has 1 aromatic rings. The molecule has 0 N–H and O–H groups in total. The average Bonchev–Trinajstić information content (AvgIpc) is 2.67. The number of hydrogen-bond donors (Lipinski definition) is 0. The molecule has 0 unspecified atom stereocenters. The molecule has 98 valence electrons. The molecule has 2 rings (SSSR count). The molecule has 0 amide bonds. The average molecular weight is 310 g/mol. The number of carbonyl (C=O) groups is 1. The number of hydrogen-bond acceptors (Lipinski definition) is 2. The van der Waals surface area contributed by atoms with Crippen molar-refractivity contribution in [2.75, 3.05) is 19.6 Å². The minimum Gasteiger partial charge on any atom is -0.302 e. The molecular weight excluding hydrogens is 290 g/mol. The number of ketones is 1. The van der Waals surface area contributed by atoms with Gasteiger partial charge in [0.25, 0.3) is 0 Å². The molecule has 2 nitrogen and oxygen atoms in total. The van der Waals surface area contributed by atoms with E-state index in [2.05, 4.69) is 34.7 Å². The van der Waals surface area contributed by atoms with E-state index in [0.29, 0.717) is 11.8 Å². The smallest absolute Gasteiger partial charge is 0.164 e. The van der Waals surface area contributed by atoms with E-state index in [-0.39, 0.29) is 5.78 Å². The fourth-order valence-corrected chi connectivity index (χ4v) is 2.72. The Morgan fingerprint density at radius 1 is 1.33 bits per heavy atom. The van der Waals surface area contributed by atoms with Crippen LogP contribution in [0.2, 0.25) is 0 Å². The van der Waals surface area contributed by atoms with Crippen LogP contribution >= 0.6 is 15.9 Å². The van der Waals surface area contributed by atoms with E-state index in [9.17, 15) is 4.79 Å². The Balaban J connectivity index is 1.84. The zero-order valence-electron chi connectivity index (χ0n) is 11.1. The molecule has 0 spiro atoms. The maximum atomic E-state index is 12.0. The highest BCUT2D eigenvalue weighted by Gasteiger charge is 2.28. The Labute approximate surface area is 117 Å². The van der Waals surface area contributed by atoms with Gasteiger partial charge in [0, 0.05) is 29.5 Å². The van der Waals surface area contributed by atoms with Crippen LogP contribution < -0.4 is 0 Å². The summed E-state index contributed by atoms with van der Waals surface area (Å²) >= 11 is 3.38. The van der Waals surface area contributed by atoms with Crippen molar-refractivity contribution < 1.29 is 4.79 Å². The molecule has 1 aliphatic heterocycles. The highest BCUT2D eigenvalue weighted by atomic mass is 79.9. The third-order valence-electron chi connectivity index (χ3n) is 3.58. The molecule has 1 aromatic carbocycles. The van der Waals surface area contributed by atoms with Crippen LogP contribution in [0.3, 0.4) is 0 Å². The van der Waals surface area contributed by atoms with Gasteiger partial charge < -0.3 is 4.90 Å². The molecule has 0 aromatic heterocycles. The Morgan fingerprint density at radius 2 is 2.00 bits per heavy atom.